The van der Waals surface area contributed by atoms with Gasteiger partial charge in [0.1, 0.15) is 5.69 Å². The van der Waals surface area contributed by atoms with E-state index < -0.39 is 0 Å². The fraction of sp³-hybridized carbons (Fsp3) is 0.182. The minimum absolute atomic E-state index is 0.250. The van der Waals surface area contributed by atoms with Crippen LogP contribution in [0, 0.1) is 6.92 Å². The molecule has 0 aromatic carbocycles. The van der Waals surface area contributed by atoms with Crippen molar-refractivity contribution in [3.05, 3.63) is 40.6 Å². The third kappa shape index (κ3) is 2.96. The van der Waals surface area contributed by atoms with Crippen LogP contribution in [0.4, 0.5) is 11.4 Å². The number of hydrogen-bond acceptors (Lipinski definition) is 6. The summed E-state index contributed by atoms with van der Waals surface area (Å²) >= 11 is 6.38. The van der Waals surface area contributed by atoms with E-state index in [1.165, 1.54) is 16.4 Å². The molecule has 0 fully saturated rings. The number of rotatable bonds is 2. The Kier molecular flexibility index (Phi) is 4.23. The molecule has 0 saturated heterocycles. The molecule has 2 aromatic rings. The number of thiocarbonyl (C=S) groups is 1. The molecule has 2 rings (SSSR count). The van der Waals surface area contributed by atoms with Crippen molar-refractivity contribution in [2.75, 3.05) is 6.26 Å². The zero-order valence-corrected chi connectivity index (χ0v) is 12.0. The van der Waals surface area contributed by atoms with Crippen molar-refractivity contribution in [3.8, 4) is 0 Å². The molecule has 98 valence electrons. The highest BCUT2D eigenvalue weighted by Crippen LogP contribution is 2.16. The maximum Gasteiger partial charge on any atom is 0.300 e. The van der Waals surface area contributed by atoms with Crippen LogP contribution in [0.5, 0.6) is 0 Å². The molecule has 2 heterocycles. The van der Waals surface area contributed by atoms with Crippen LogP contribution < -0.4 is 5.56 Å². The predicted octanol–water partition coefficient (Wildman–Crippen LogP) is 2.79. The molecule has 0 atom stereocenters. The van der Waals surface area contributed by atoms with E-state index in [9.17, 15) is 4.79 Å². The van der Waals surface area contributed by atoms with Crippen LogP contribution in [0.25, 0.3) is 0 Å². The third-order valence-corrected chi connectivity index (χ3v) is 3.52. The van der Waals surface area contributed by atoms with Gasteiger partial charge in [0.05, 0.1) is 11.9 Å². The van der Waals surface area contributed by atoms with E-state index in [-0.39, 0.29) is 11.2 Å². The van der Waals surface area contributed by atoms with Gasteiger partial charge in [-0.3, -0.25) is 14.9 Å². The van der Waals surface area contributed by atoms with Crippen molar-refractivity contribution in [1.29, 1.82) is 0 Å². The number of H-pyrrole nitrogens is 1. The molecule has 2 aromatic heterocycles. The minimum atomic E-state index is -0.301. The average molecular weight is 293 g/mol. The number of pyridine rings is 1. The van der Waals surface area contributed by atoms with E-state index in [2.05, 4.69) is 20.3 Å². The Labute approximate surface area is 119 Å². The van der Waals surface area contributed by atoms with Gasteiger partial charge < -0.3 is 0 Å². The van der Waals surface area contributed by atoms with Crippen LogP contribution in [0.1, 0.15) is 5.69 Å². The highest BCUT2D eigenvalue weighted by Gasteiger charge is 2.12. The molecule has 1 N–H and O–H groups in total. The Bertz CT molecular complexity index is 674. The lowest BCUT2D eigenvalue weighted by atomic mass is 10.4. The zero-order chi connectivity index (χ0) is 13.8. The largest absolute Gasteiger partial charge is 0.300 e. The Morgan fingerprint density at radius 1 is 1.53 bits per heavy atom. The molecule has 0 aliphatic carbocycles. The number of aromatic nitrogens is 3. The van der Waals surface area contributed by atoms with E-state index in [0.29, 0.717) is 15.7 Å². The number of hydrogen-bond donors (Lipinski definition) is 1. The maximum atomic E-state index is 12.1. The standard InChI is InChI=1S/C11H11N5OS2/c1-7-9(10(17)16(15-7)11(18)19-2)14-13-8-4-3-5-12-6-8/h3-6,15H,1-2H3. The topological polar surface area (TPSA) is 75.4 Å². The van der Waals surface area contributed by atoms with Gasteiger partial charge in [0.2, 0.25) is 0 Å². The van der Waals surface area contributed by atoms with Crippen molar-refractivity contribution in [2.45, 2.75) is 6.92 Å². The van der Waals surface area contributed by atoms with Gasteiger partial charge >= 0.3 is 5.56 Å². The van der Waals surface area contributed by atoms with Gasteiger partial charge in [0, 0.05) is 6.20 Å². The summed E-state index contributed by atoms with van der Waals surface area (Å²) in [7, 11) is 0. The summed E-state index contributed by atoms with van der Waals surface area (Å²) in [6, 6.07) is 3.50. The molecule has 0 aliphatic rings. The van der Waals surface area contributed by atoms with Gasteiger partial charge in [-0.1, -0.05) is 24.0 Å². The zero-order valence-electron chi connectivity index (χ0n) is 10.3. The van der Waals surface area contributed by atoms with Crippen LogP contribution in [-0.4, -0.2) is 25.3 Å². The second-order valence-electron chi connectivity index (χ2n) is 3.61. The van der Waals surface area contributed by atoms with Gasteiger partial charge in [0.15, 0.2) is 10.0 Å². The molecule has 6 nitrogen and oxygen atoms in total. The average Bonchev–Trinajstić information content (AvgIpc) is 2.72. The van der Waals surface area contributed by atoms with Crippen molar-refractivity contribution in [2.24, 2.45) is 10.2 Å². The summed E-state index contributed by atoms with van der Waals surface area (Å²) in [4.78, 5) is 16.0. The lowest BCUT2D eigenvalue weighted by molar-refractivity contribution is 0.910. The van der Waals surface area contributed by atoms with E-state index in [1.54, 1.807) is 31.5 Å². The number of azo groups is 1. The minimum Gasteiger partial charge on any atom is -0.292 e. The Hall–Kier alpha value is -1.80. The summed E-state index contributed by atoms with van der Waals surface area (Å²) in [5.74, 6) is 0. The predicted molar refractivity (Wildman–Crippen MR) is 79.7 cm³/mol. The van der Waals surface area contributed by atoms with E-state index in [1.807, 2.05) is 6.26 Å². The summed E-state index contributed by atoms with van der Waals surface area (Å²) in [6.45, 7) is 1.75. The first-order valence-corrected chi connectivity index (χ1v) is 6.98. The summed E-state index contributed by atoms with van der Waals surface area (Å²) < 4.78 is 1.73. The van der Waals surface area contributed by atoms with Crippen LogP contribution >= 0.6 is 24.0 Å². The Balaban J connectivity index is 2.37. The third-order valence-electron chi connectivity index (χ3n) is 2.31. The molecule has 8 heteroatoms. The number of nitrogens with zero attached hydrogens (tertiary/aromatic N) is 4. The molecule has 0 unspecified atom stereocenters. The van der Waals surface area contributed by atoms with Gasteiger partial charge in [-0.2, -0.15) is 0 Å². The number of aryl methyl sites for hydroxylation is 1. The lowest BCUT2D eigenvalue weighted by Gasteiger charge is -1.97. The first-order valence-electron chi connectivity index (χ1n) is 5.35. The second-order valence-corrected chi connectivity index (χ2v) is 5.05. The summed E-state index contributed by atoms with van der Waals surface area (Å²) in [6.07, 6.45) is 5.02. The Morgan fingerprint density at radius 3 is 2.95 bits per heavy atom. The van der Waals surface area contributed by atoms with Gasteiger partial charge in [-0.15, -0.1) is 10.2 Å². The highest BCUT2D eigenvalue weighted by molar-refractivity contribution is 8.22. The molecular weight excluding hydrogens is 282 g/mol. The van der Waals surface area contributed by atoms with Crippen LogP contribution in [0.3, 0.4) is 0 Å². The molecule has 0 saturated carbocycles. The highest BCUT2D eigenvalue weighted by atomic mass is 32.2. The second kappa shape index (κ2) is 5.89. The fourth-order valence-corrected chi connectivity index (χ4v) is 1.84. The Morgan fingerprint density at radius 2 is 2.32 bits per heavy atom. The van der Waals surface area contributed by atoms with Gasteiger partial charge in [-0.05, 0) is 25.3 Å². The smallest absolute Gasteiger partial charge is 0.292 e. The first kappa shape index (κ1) is 13.6. The molecule has 0 aliphatic heterocycles. The summed E-state index contributed by atoms with van der Waals surface area (Å²) in [5, 5.41) is 10.8. The van der Waals surface area contributed by atoms with Gasteiger partial charge in [0.25, 0.3) is 0 Å². The normalized spacial score (nSPS) is 11.1. The molecule has 19 heavy (non-hydrogen) atoms. The molecular formula is C11H11N5OS2. The quantitative estimate of drug-likeness (QED) is 0.682. The molecule has 0 spiro atoms. The number of aromatic amines is 1. The molecule has 0 amide bonds. The number of thioether (sulfide) groups is 1. The first-order chi connectivity index (χ1) is 9.13. The van der Waals surface area contributed by atoms with E-state index >= 15 is 0 Å². The number of nitrogens with one attached hydrogen (secondary N) is 1. The van der Waals surface area contributed by atoms with Crippen LogP contribution in [0.15, 0.2) is 39.5 Å². The van der Waals surface area contributed by atoms with Crippen LogP contribution in [0.2, 0.25) is 0 Å². The maximum absolute atomic E-state index is 12.1. The SMILES string of the molecule is CSC(=S)n1[nH]c(C)c(N=Nc2cccnc2)c1=O. The fourth-order valence-electron chi connectivity index (χ4n) is 1.40. The molecule has 0 radical (unpaired) electrons. The lowest BCUT2D eigenvalue weighted by Crippen LogP contribution is -2.20. The van der Waals surface area contributed by atoms with Crippen molar-refractivity contribution in [1.82, 2.24) is 14.8 Å². The summed E-state index contributed by atoms with van der Waals surface area (Å²) in [5.41, 5.74) is 1.15. The molecule has 0 bridgehead atoms. The van der Waals surface area contributed by atoms with Crippen LogP contribution in [-0.2, 0) is 0 Å². The van der Waals surface area contributed by atoms with Gasteiger partial charge in [-0.25, -0.2) is 4.68 Å². The van der Waals surface area contributed by atoms with E-state index in [4.69, 9.17) is 12.2 Å². The van der Waals surface area contributed by atoms with Crippen molar-refractivity contribution < 1.29 is 0 Å². The van der Waals surface area contributed by atoms with Crippen molar-refractivity contribution >= 4 is 39.7 Å². The monoisotopic (exact) mass is 293 g/mol. The van der Waals surface area contributed by atoms with Crippen molar-refractivity contribution in [3.63, 3.8) is 0 Å². The van der Waals surface area contributed by atoms with E-state index in [0.717, 1.165) is 0 Å².